The predicted octanol–water partition coefficient (Wildman–Crippen LogP) is 2.57. The molecule has 1 aromatic carbocycles. The monoisotopic (exact) mass is 380 g/mol. The first kappa shape index (κ1) is 13.8. The van der Waals surface area contributed by atoms with Crippen LogP contribution in [0.5, 0.6) is 0 Å². The van der Waals surface area contributed by atoms with Crippen LogP contribution >= 0.6 is 22.6 Å². The first-order valence-corrected chi connectivity index (χ1v) is 7.79. The van der Waals surface area contributed by atoms with Gasteiger partial charge in [0.1, 0.15) is 0 Å². The summed E-state index contributed by atoms with van der Waals surface area (Å²) in [4.78, 5) is 13.7. The number of benzene rings is 1. The summed E-state index contributed by atoms with van der Waals surface area (Å²) in [6.07, 6.45) is 3.76. The minimum atomic E-state index is 0.315. The molecule has 1 unspecified atom stereocenters. The molecule has 20 heavy (non-hydrogen) atoms. The van der Waals surface area contributed by atoms with Gasteiger partial charge >= 0.3 is 0 Å². The van der Waals surface area contributed by atoms with E-state index in [9.17, 15) is 0 Å². The van der Waals surface area contributed by atoms with Gasteiger partial charge in [-0.3, -0.25) is 0 Å². The molecule has 3 rings (SSSR count). The van der Waals surface area contributed by atoms with Gasteiger partial charge in [-0.25, -0.2) is 9.97 Å². The number of piperazine rings is 1. The third-order valence-corrected chi connectivity index (χ3v) is 4.19. The van der Waals surface area contributed by atoms with Crippen molar-refractivity contribution in [2.75, 3.05) is 31.6 Å². The van der Waals surface area contributed by atoms with Gasteiger partial charge in [-0.05, 0) is 35.2 Å². The van der Waals surface area contributed by atoms with Crippen LogP contribution in [0.4, 0.5) is 5.95 Å². The number of likely N-dealkylation sites (N-methyl/N-ethyl adjacent to an activating group) is 1. The predicted molar refractivity (Wildman–Crippen MR) is 88.8 cm³/mol. The van der Waals surface area contributed by atoms with E-state index < -0.39 is 0 Å². The Bertz CT molecular complexity index is 558. The summed E-state index contributed by atoms with van der Waals surface area (Å²) in [5, 5.41) is 0. The van der Waals surface area contributed by atoms with Crippen molar-refractivity contribution in [3.8, 4) is 0 Å². The largest absolute Gasteiger partial charge is 0.331 e. The second kappa shape index (κ2) is 6.05. The first-order valence-electron chi connectivity index (χ1n) is 6.72. The third kappa shape index (κ3) is 2.93. The molecule has 0 spiro atoms. The van der Waals surface area contributed by atoms with Crippen LogP contribution in [0.25, 0.3) is 0 Å². The van der Waals surface area contributed by atoms with E-state index >= 15 is 0 Å². The molecule has 104 valence electrons. The fraction of sp³-hybridized carbons (Fsp3) is 0.333. The quantitative estimate of drug-likeness (QED) is 0.750. The lowest BCUT2D eigenvalue weighted by molar-refractivity contribution is 0.267. The van der Waals surface area contributed by atoms with E-state index in [2.05, 4.69) is 79.7 Å². The zero-order chi connectivity index (χ0) is 13.9. The second-order valence-corrected chi connectivity index (χ2v) is 6.33. The number of aromatic nitrogens is 2. The Morgan fingerprint density at radius 2 is 1.80 bits per heavy atom. The van der Waals surface area contributed by atoms with E-state index in [0.29, 0.717) is 6.04 Å². The minimum Gasteiger partial charge on any atom is -0.331 e. The molecule has 0 radical (unpaired) electrons. The fourth-order valence-electron chi connectivity index (χ4n) is 2.57. The fourth-order valence-corrected chi connectivity index (χ4v) is 2.85. The number of anilines is 1. The van der Waals surface area contributed by atoms with E-state index in [1.54, 1.807) is 0 Å². The summed E-state index contributed by atoms with van der Waals surface area (Å²) in [6.45, 7) is 2.99. The van der Waals surface area contributed by atoms with Gasteiger partial charge in [-0.2, -0.15) is 0 Å². The first-order chi connectivity index (χ1) is 9.74. The van der Waals surface area contributed by atoms with Gasteiger partial charge in [-0.15, -0.1) is 0 Å². The highest BCUT2D eigenvalue weighted by molar-refractivity contribution is 14.1. The summed E-state index contributed by atoms with van der Waals surface area (Å²) >= 11 is 2.24. The lowest BCUT2D eigenvalue weighted by atomic mass is 10.0. The van der Waals surface area contributed by atoms with Crippen molar-refractivity contribution in [1.82, 2.24) is 14.9 Å². The lowest BCUT2D eigenvalue weighted by Crippen LogP contribution is -2.47. The molecule has 0 bridgehead atoms. The maximum absolute atomic E-state index is 4.49. The average Bonchev–Trinajstić information content (AvgIpc) is 2.49. The van der Waals surface area contributed by atoms with Gasteiger partial charge < -0.3 is 9.80 Å². The molecule has 0 aliphatic carbocycles. The molecule has 2 heterocycles. The highest BCUT2D eigenvalue weighted by atomic mass is 127. The van der Waals surface area contributed by atoms with Crippen LogP contribution < -0.4 is 4.90 Å². The van der Waals surface area contributed by atoms with Gasteiger partial charge in [-0.1, -0.05) is 30.3 Å². The zero-order valence-electron chi connectivity index (χ0n) is 11.4. The number of halogens is 1. The molecule has 4 nitrogen and oxygen atoms in total. The summed E-state index contributed by atoms with van der Waals surface area (Å²) < 4.78 is 1.07. The molecule has 0 amide bonds. The molecule has 1 fully saturated rings. The second-order valence-electron chi connectivity index (χ2n) is 5.08. The van der Waals surface area contributed by atoms with Crippen LogP contribution in [0.1, 0.15) is 11.6 Å². The maximum Gasteiger partial charge on any atom is 0.225 e. The lowest BCUT2D eigenvalue weighted by Gasteiger charge is -2.40. The molecule has 5 heteroatoms. The molecule has 1 aliphatic heterocycles. The van der Waals surface area contributed by atoms with Crippen molar-refractivity contribution < 1.29 is 0 Å². The van der Waals surface area contributed by atoms with E-state index in [1.165, 1.54) is 5.56 Å². The smallest absolute Gasteiger partial charge is 0.225 e. The van der Waals surface area contributed by atoms with Gasteiger partial charge in [0.05, 0.1) is 6.04 Å². The van der Waals surface area contributed by atoms with Gasteiger partial charge in [0.15, 0.2) is 0 Å². The molecule has 1 saturated heterocycles. The van der Waals surface area contributed by atoms with E-state index in [4.69, 9.17) is 0 Å². The van der Waals surface area contributed by atoms with Crippen LogP contribution in [0.3, 0.4) is 0 Å². The van der Waals surface area contributed by atoms with Crippen molar-refractivity contribution in [1.29, 1.82) is 0 Å². The Balaban J connectivity index is 1.92. The molecule has 0 N–H and O–H groups in total. The third-order valence-electron chi connectivity index (χ3n) is 3.63. The Morgan fingerprint density at radius 1 is 1.10 bits per heavy atom. The number of nitrogens with zero attached hydrogens (tertiary/aromatic N) is 4. The standard InChI is InChI=1S/C15H17IN4/c1-19-7-8-20(15-17-9-13(16)10-18-15)14(11-19)12-5-3-2-4-6-12/h2-6,9-10,14H,7-8,11H2,1H3. The molecule has 1 aliphatic rings. The Hall–Kier alpha value is -1.21. The number of hydrogen-bond acceptors (Lipinski definition) is 4. The van der Waals surface area contributed by atoms with Gasteiger partial charge in [0.25, 0.3) is 0 Å². The van der Waals surface area contributed by atoms with Crippen molar-refractivity contribution in [3.05, 3.63) is 51.9 Å². The van der Waals surface area contributed by atoms with Crippen LogP contribution in [0.2, 0.25) is 0 Å². The molecule has 2 aromatic rings. The Kier molecular flexibility index (Phi) is 4.16. The topological polar surface area (TPSA) is 32.3 Å². The summed E-state index contributed by atoms with van der Waals surface area (Å²) in [7, 11) is 2.17. The highest BCUT2D eigenvalue weighted by Crippen LogP contribution is 2.27. The zero-order valence-corrected chi connectivity index (χ0v) is 13.6. The SMILES string of the molecule is CN1CCN(c2ncc(I)cn2)C(c2ccccc2)C1. The molecular formula is C15H17IN4. The number of rotatable bonds is 2. The van der Waals surface area contributed by atoms with Gasteiger partial charge in [0, 0.05) is 35.6 Å². The normalized spacial score (nSPS) is 20.1. The maximum atomic E-state index is 4.49. The number of hydrogen-bond donors (Lipinski definition) is 0. The Labute approximate surface area is 133 Å². The van der Waals surface area contributed by atoms with Gasteiger partial charge in [0.2, 0.25) is 5.95 Å². The molecule has 1 aromatic heterocycles. The summed E-state index contributed by atoms with van der Waals surface area (Å²) in [5.74, 6) is 0.826. The highest BCUT2D eigenvalue weighted by Gasteiger charge is 2.28. The van der Waals surface area contributed by atoms with E-state index in [-0.39, 0.29) is 0 Å². The molecule has 0 saturated carbocycles. The van der Waals surface area contributed by atoms with Crippen LogP contribution in [-0.4, -0.2) is 41.5 Å². The van der Waals surface area contributed by atoms with E-state index in [0.717, 1.165) is 29.2 Å². The van der Waals surface area contributed by atoms with Crippen LogP contribution in [-0.2, 0) is 0 Å². The van der Waals surface area contributed by atoms with Crippen molar-refractivity contribution in [2.45, 2.75) is 6.04 Å². The van der Waals surface area contributed by atoms with Crippen LogP contribution in [0.15, 0.2) is 42.7 Å². The summed E-state index contributed by atoms with van der Waals surface area (Å²) in [5.41, 5.74) is 1.32. The minimum absolute atomic E-state index is 0.315. The van der Waals surface area contributed by atoms with Crippen LogP contribution in [0, 0.1) is 3.57 Å². The van der Waals surface area contributed by atoms with Crippen molar-refractivity contribution >= 4 is 28.5 Å². The van der Waals surface area contributed by atoms with Crippen molar-refractivity contribution in [2.24, 2.45) is 0 Å². The summed E-state index contributed by atoms with van der Waals surface area (Å²) in [6, 6.07) is 10.9. The Morgan fingerprint density at radius 3 is 2.50 bits per heavy atom. The molecular weight excluding hydrogens is 363 g/mol. The van der Waals surface area contributed by atoms with Crippen molar-refractivity contribution in [3.63, 3.8) is 0 Å². The molecule has 1 atom stereocenters. The van der Waals surface area contributed by atoms with E-state index in [1.807, 2.05) is 12.4 Å². The average molecular weight is 380 g/mol.